The van der Waals surface area contributed by atoms with Gasteiger partial charge in [-0.25, -0.2) is 0 Å². The normalized spacial score (nSPS) is 10.3. The Morgan fingerprint density at radius 2 is 1.96 bits per heavy atom. The zero-order valence-corrected chi connectivity index (χ0v) is 13.2. The van der Waals surface area contributed by atoms with Gasteiger partial charge >= 0.3 is 5.97 Å². The van der Waals surface area contributed by atoms with E-state index in [-0.39, 0.29) is 18.9 Å². The highest BCUT2D eigenvalue weighted by Crippen LogP contribution is 2.07. The molecule has 0 fully saturated rings. The Morgan fingerprint density at radius 3 is 2.70 bits per heavy atom. The molecule has 1 amide bonds. The molecule has 0 saturated heterocycles. The molecular formula is C18H21NO4. The number of carbonyl (C=O) groups excluding carboxylic acids is 2. The van der Waals surface area contributed by atoms with Crippen LogP contribution in [0.1, 0.15) is 23.3 Å². The first-order valence-electron chi connectivity index (χ1n) is 7.64. The number of carbonyl (C=O) groups is 2. The van der Waals surface area contributed by atoms with Crippen molar-refractivity contribution >= 4 is 11.9 Å². The van der Waals surface area contributed by atoms with Gasteiger partial charge in [-0.2, -0.15) is 0 Å². The van der Waals surface area contributed by atoms with Gasteiger partial charge in [-0.15, -0.1) is 0 Å². The Morgan fingerprint density at radius 1 is 1.13 bits per heavy atom. The standard InChI is InChI=1S/C18H21NO4/c1-14-5-2-3-6-15(14)10-11-19-17(20)13-23-18(21)9-8-16-7-4-12-22-16/h2-7,12H,8-11,13H2,1H3,(H,19,20). The van der Waals surface area contributed by atoms with Gasteiger partial charge < -0.3 is 14.5 Å². The summed E-state index contributed by atoms with van der Waals surface area (Å²) < 4.78 is 10.1. The minimum Gasteiger partial charge on any atom is -0.469 e. The average molecular weight is 315 g/mol. The van der Waals surface area contributed by atoms with Crippen molar-refractivity contribution in [1.29, 1.82) is 0 Å². The van der Waals surface area contributed by atoms with Crippen molar-refractivity contribution in [2.75, 3.05) is 13.2 Å². The lowest BCUT2D eigenvalue weighted by molar-refractivity contribution is -0.148. The number of furan rings is 1. The third-order valence-electron chi connectivity index (χ3n) is 3.50. The highest BCUT2D eigenvalue weighted by molar-refractivity contribution is 5.80. The first kappa shape index (κ1) is 16.8. The molecule has 5 nitrogen and oxygen atoms in total. The number of amides is 1. The molecule has 0 saturated carbocycles. The summed E-state index contributed by atoms with van der Waals surface area (Å²) in [5, 5.41) is 2.75. The Labute approximate surface area is 135 Å². The Kier molecular flexibility index (Phi) is 6.41. The van der Waals surface area contributed by atoms with Gasteiger partial charge in [-0.05, 0) is 36.6 Å². The quantitative estimate of drug-likeness (QED) is 0.760. The van der Waals surface area contributed by atoms with Crippen molar-refractivity contribution in [3.8, 4) is 0 Å². The lowest BCUT2D eigenvalue weighted by Crippen LogP contribution is -2.30. The van der Waals surface area contributed by atoms with Crippen LogP contribution in [0.25, 0.3) is 0 Å². The van der Waals surface area contributed by atoms with Crippen LogP contribution in [0, 0.1) is 6.92 Å². The number of nitrogens with one attached hydrogen (secondary N) is 1. The van der Waals surface area contributed by atoms with Crippen molar-refractivity contribution in [3.05, 3.63) is 59.5 Å². The van der Waals surface area contributed by atoms with Gasteiger partial charge in [0, 0.05) is 13.0 Å². The highest BCUT2D eigenvalue weighted by atomic mass is 16.5. The van der Waals surface area contributed by atoms with Gasteiger partial charge in [0.15, 0.2) is 6.61 Å². The minimum absolute atomic E-state index is 0.198. The van der Waals surface area contributed by atoms with E-state index in [0.717, 1.165) is 12.2 Å². The SMILES string of the molecule is Cc1ccccc1CCNC(=O)COC(=O)CCc1ccco1. The van der Waals surface area contributed by atoms with Gasteiger partial charge in [-0.3, -0.25) is 9.59 Å². The van der Waals surface area contributed by atoms with E-state index in [4.69, 9.17) is 9.15 Å². The molecule has 0 atom stereocenters. The van der Waals surface area contributed by atoms with Crippen LogP contribution in [0.5, 0.6) is 0 Å². The summed E-state index contributed by atoms with van der Waals surface area (Å²) in [5.74, 6) is 0.0324. The van der Waals surface area contributed by atoms with Crippen LogP contribution in [0.15, 0.2) is 47.1 Å². The van der Waals surface area contributed by atoms with E-state index in [1.54, 1.807) is 18.4 Å². The zero-order valence-electron chi connectivity index (χ0n) is 13.2. The summed E-state index contributed by atoms with van der Waals surface area (Å²) >= 11 is 0. The summed E-state index contributed by atoms with van der Waals surface area (Å²) in [6, 6.07) is 11.6. The number of benzene rings is 1. The van der Waals surface area contributed by atoms with E-state index in [2.05, 4.69) is 5.32 Å². The van der Waals surface area contributed by atoms with Gasteiger partial charge in [-0.1, -0.05) is 24.3 Å². The maximum Gasteiger partial charge on any atom is 0.306 e. The van der Waals surface area contributed by atoms with Gasteiger partial charge in [0.25, 0.3) is 5.91 Å². The fraction of sp³-hybridized carbons (Fsp3) is 0.333. The second-order valence-electron chi connectivity index (χ2n) is 5.27. The minimum atomic E-state index is -0.407. The number of ether oxygens (including phenoxy) is 1. The van der Waals surface area contributed by atoms with Crippen molar-refractivity contribution < 1.29 is 18.7 Å². The number of aryl methyl sites for hydroxylation is 2. The van der Waals surface area contributed by atoms with Crippen molar-refractivity contribution in [1.82, 2.24) is 5.32 Å². The van der Waals surface area contributed by atoms with E-state index in [1.165, 1.54) is 11.1 Å². The molecule has 1 aromatic heterocycles. The molecule has 0 spiro atoms. The third kappa shape index (κ3) is 5.98. The maximum absolute atomic E-state index is 11.6. The van der Waals surface area contributed by atoms with Crippen molar-refractivity contribution in [3.63, 3.8) is 0 Å². The van der Waals surface area contributed by atoms with Gasteiger partial charge in [0.2, 0.25) is 0 Å². The van der Waals surface area contributed by atoms with Crippen molar-refractivity contribution in [2.45, 2.75) is 26.2 Å². The summed E-state index contributed by atoms with van der Waals surface area (Å²) in [6.07, 6.45) is 2.98. The van der Waals surface area contributed by atoms with E-state index in [1.807, 2.05) is 31.2 Å². The van der Waals surface area contributed by atoms with Gasteiger partial charge in [0.1, 0.15) is 5.76 Å². The Balaban J connectivity index is 1.59. The fourth-order valence-corrected chi connectivity index (χ4v) is 2.18. The first-order chi connectivity index (χ1) is 11.1. The van der Waals surface area contributed by atoms with Crippen LogP contribution < -0.4 is 5.32 Å². The summed E-state index contributed by atoms with van der Waals surface area (Å²) in [6.45, 7) is 2.32. The molecule has 122 valence electrons. The van der Waals surface area contributed by atoms with Crippen LogP contribution in [0.3, 0.4) is 0 Å². The Bertz CT molecular complexity index is 634. The summed E-state index contributed by atoms with van der Waals surface area (Å²) in [7, 11) is 0. The molecule has 0 aliphatic heterocycles. The number of hydrogen-bond donors (Lipinski definition) is 1. The molecule has 5 heteroatoms. The molecule has 23 heavy (non-hydrogen) atoms. The van der Waals surface area contributed by atoms with E-state index >= 15 is 0 Å². The molecule has 0 bridgehead atoms. The molecule has 0 aliphatic carbocycles. The number of esters is 1. The van der Waals surface area contributed by atoms with Crippen LogP contribution in [0.4, 0.5) is 0 Å². The lowest BCUT2D eigenvalue weighted by atomic mass is 10.1. The van der Waals surface area contributed by atoms with Gasteiger partial charge in [0.05, 0.1) is 12.7 Å². The molecule has 2 rings (SSSR count). The van der Waals surface area contributed by atoms with Crippen LogP contribution in [-0.2, 0) is 27.2 Å². The monoisotopic (exact) mass is 315 g/mol. The molecular weight excluding hydrogens is 294 g/mol. The highest BCUT2D eigenvalue weighted by Gasteiger charge is 2.08. The van der Waals surface area contributed by atoms with Crippen molar-refractivity contribution in [2.24, 2.45) is 0 Å². The topological polar surface area (TPSA) is 68.5 Å². The predicted molar refractivity (Wildman–Crippen MR) is 85.9 cm³/mol. The molecule has 2 aromatic rings. The van der Waals surface area contributed by atoms with Crippen LogP contribution in [0.2, 0.25) is 0 Å². The number of rotatable bonds is 8. The van der Waals surface area contributed by atoms with E-state index < -0.39 is 5.97 Å². The summed E-state index contributed by atoms with van der Waals surface area (Å²) in [5.41, 5.74) is 2.40. The smallest absolute Gasteiger partial charge is 0.306 e. The zero-order chi connectivity index (χ0) is 16.5. The second kappa shape index (κ2) is 8.78. The third-order valence-corrected chi connectivity index (χ3v) is 3.50. The maximum atomic E-state index is 11.6. The predicted octanol–water partition coefficient (Wildman–Crippen LogP) is 2.42. The molecule has 0 unspecified atom stereocenters. The largest absolute Gasteiger partial charge is 0.469 e. The fourth-order valence-electron chi connectivity index (χ4n) is 2.18. The molecule has 1 heterocycles. The van der Waals surface area contributed by atoms with Crippen LogP contribution in [-0.4, -0.2) is 25.0 Å². The first-order valence-corrected chi connectivity index (χ1v) is 7.64. The molecule has 1 aromatic carbocycles. The summed E-state index contributed by atoms with van der Waals surface area (Å²) in [4.78, 5) is 23.2. The Hall–Kier alpha value is -2.56. The molecule has 1 N–H and O–H groups in total. The molecule has 0 aliphatic rings. The number of hydrogen-bond acceptors (Lipinski definition) is 4. The van der Waals surface area contributed by atoms with Crippen LogP contribution >= 0.6 is 0 Å². The molecule has 0 radical (unpaired) electrons. The van der Waals surface area contributed by atoms with E-state index in [0.29, 0.717) is 13.0 Å². The second-order valence-corrected chi connectivity index (χ2v) is 5.27. The van der Waals surface area contributed by atoms with E-state index in [9.17, 15) is 9.59 Å². The average Bonchev–Trinajstić information content (AvgIpc) is 3.06. The lowest BCUT2D eigenvalue weighted by Gasteiger charge is -2.08.